The first-order chi connectivity index (χ1) is 9.29. The number of alkyl halides is 2. The number of hydrogen-bond donors (Lipinski definition) is 0. The molecule has 1 saturated heterocycles. The molecule has 1 aliphatic heterocycles. The summed E-state index contributed by atoms with van der Waals surface area (Å²) in [6.45, 7) is 5.73. The van der Waals surface area contributed by atoms with Crippen molar-refractivity contribution >= 4 is 35.0 Å². The molecule has 20 heavy (non-hydrogen) atoms. The highest BCUT2D eigenvalue weighted by atomic mass is 35.5. The molecule has 0 N–H and O–H groups in total. The highest BCUT2D eigenvalue weighted by molar-refractivity contribution is 6.40. The number of Topliss-reactive ketones (excluding diaryl/α,β-unsaturated/α-hetero) is 1. The molecular weight excluding hydrogens is 299 g/mol. The fourth-order valence-corrected chi connectivity index (χ4v) is 4.86. The van der Waals surface area contributed by atoms with Gasteiger partial charge in [0.1, 0.15) is 11.5 Å². The minimum atomic E-state index is -0.698. The first-order valence-corrected chi connectivity index (χ1v) is 7.90. The quantitative estimate of drug-likeness (QED) is 0.509. The van der Waals surface area contributed by atoms with Gasteiger partial charge in [-0.3, -0.25) is 9.59 Å². The van der Waals surface area contributed by atoms with Gasteiger partial charge in [0, 0.05) is 11.3 Å². The first kappa shape index (κ1) is 14.4. The van der Waals surface area contributed by atoms with Crippen LogP contribution in [0.1, 0.15) is 33.6 Å². The van der Waals surface area contributed by atoms with E-state index >= 15 is 0 Å². The Hall–Kier alpha value is -0.540. The van der Waals surface area contributed by atoms with Crippen LogP contribution in [0.15, 0.2) is 11.1 Å². The summed E-state index contributed by atoms with van der Waals surface area (Å²) in [5.41, 5.74) is 1.19. The number of ether oxygens (including phenoxy) is 1. The Bertz CT molecular complexity index is 527. The van der Waals surface area contributed by atoms with Crippen LogP contribution < -0.4 is 0 Å². The number of fused-ring (bicyclic) bond motifs is 3. The molecule has 1 saturated carbocycles. The largest absolute Gasteiger partial charge is 0.457 e. The number of carbonyl (C=O) groups is 2. The number of hydrogen-bond acceptors (Lipinski definition) is 3. The standard InChI is InChI=1S/C15H18Cl2O3/c1-6-8-4-5-15(3)9(12(8)20-14(6)19)7(2)11(18)10(16)13(15)17/h6,8,10,12-13H,4-5H2,1-3H3/t6-,8-,10+,12-,13-,15+/m0/s1. The van der Waals surface area contributed by atoms with E-state index in [4.69, 9.17) is 27.9 Å². The van der Waals surface area contributed by atoms with Crippen molar-refractivity contribution in [2.24, 2.45) is 17.3 Å². The SMILES string of the molecule is CC1=C2[C@H]3OC(=O)[C@@H](C)[C@@H]3CC[C@@]2(C)[C@@H](Cl)[C@H](Cl)C1=O. The van der Waals surface area contributed by atoms with E-state index in [9.17, 15) is 9.59 Å². The number of allylic oxidation sites excluding steroid dienone is 1. The molecule has 2 fully saturated rings. The van der Waals surface area contributed by atoms with Crippen LogP contribution in [0.4, 0.5) is 0 Å². The fourth-order valence-electron chi connectivity index (χ4n) is 4.08. The summed E-state index contributed by atoms with van der Waals surface area (Å²) in [5, 5.41) is -1.15. The monoisotopic (exact) mass is 316 g/mol. The van der Waals surface area contributed by atoms with Crippen molar-refractivity contribution in [3.63, 3.8) is 0 Å². The van der Waals surface area contributed by atoms with Crippen molar-refractivity contribution < 1.29 is 14.3 Å². The number of ketones is 1. The summed E-state index contributed by atoms with van der Waals surface area (Å²) in [4.78, 5) is 24.1. The Kier molecular flexibility index (Phi) is 3.22. The van der Waals surface area contributed by atoms with E-state index in [2.05, 4.69) is 0 Å². The normalized spacial score (nSPS) is 48.0. The number of esters is 1. The number of carbonyl (C=O) groups excluding carboxylic acids is 2. The van der Waals surface area contributed by atoms with E-state index in [-0.39, 0.29) is 35.1 Å². The van der Waals surface area contributed by atoms with Gasteiger partial charge in [0.15, 0.2) is 5.78 Å². The maximum absolute atomic E-state index is 12.3. The van der Waals surface area contributed by atoms with Gasteiger partial charge in [-0.05, 0) is 30.9 Å². The average Bonchev–Trinajstić information content (AvgIpc) is 2.69. The van der Waals surface area contributed by atoms with Gasteiger partial charge in [0.05, 0.1) is 11.3 Å². The number of rotatable bonds is 0. The molecule has 6 atom stereocenters. The molecule has 3 rings (SSSR count). The predicted octanol–water partition coefficient (Wildman–Crippen LogP) is 3.08. The maximum atomic E-state index is 12.3. The summed E-state index contributed by atoms with van der Waals surface area (Å²) < 4.78 is 5.56. The zero-order valence-corrected chi connectivity index (χ0v) is 13.3. The predicted molar refractivity (Wildman–Crippen MR) is 76.9 cm³/mol. The average molecular weight is 317 g/mol. The second-order valence-corrected chi connectivity index (χ2v) is 7.41. The van der Waals surface area contributed by atoms with E-state index < -0.39 is 10.8 Å². The second-order valence-electron chi connectivity index (χ2n) is 6.47. The molecular formula is C15H18Cl2O3. The van der Waals surface area contributed by atoms with Crippen LogP contribution in [0, 0.1) is 17.3 Å². The Morgan fingerprint density at radius 1 is 1.30 bits per heavy atom. The van der Waals surface area contributed by atoms with Gasteiger partial charge in [-0.15, -0.1) is 23.2 Å². The van der Waals surface area contributed by atoms with Crippen LogP contribution in [0.2, 0.25) is 0 Å². The zero-order valence-electron chi connectivity index (χ0n) is 11.8. The molecule has 110 valence electrons. The van der Waals surface area contributed by atoms with Gasteiger partial charge >= 0.3 is 5.97 Å². The Morgan fingerprint density at radius 3 is 2.60 bits per heavy atom. The van der Waals surface area contributed by atoms with E-state index in [0.29, 0.717) is 5.57 Å². The molecule has 0 aromatic heterocycles. The van der Waals surface area contributed by atoms with Gasteiger partial charge in [-0.2, -0.15) is 0 Å². The Labute approximate surface area is 128 Å². The molecule has 0 radical (unpaired) electrons. The summed E-state index contributed by atoms with van der Waals surface area (Å²) in [5.74, 6) is -0.252. The molecule has 0 amide bonds. The minimum Gasteiger partial charge on any atom is -0.457 e. The molecule has 0 bridgehead atoms. The summed E-state index contributed by atoms with van der Waals surface area (Å²) in [7, 11) is 0. The van der Waals surface area contributed by atoms with Crippen LogP contribution in [0.5, 0.6) is 0 Å². The summed E-state index contributed by atoms with van der Waals surface area (Å²) in [6.07, 6.45) is 1.42. The Balaban J connectivity index is 2.13. The summed E-state index contributed by atoms with van der Waals surface area (Å²) >= 11 is 12.7. The van der Waals surface area contributed by atoms with E-state index in [1.165, 1.54) is 0 Å². The third-order valence-electron chi connectivity index (χ3n) is 5.43. The van der Waals surface area contributed by atoms with Crippen molar-refractivity contribution in [3.05, 3.63) is 11.1 Å². The lowest BCUT2D eigenvalue weighted by Crippen LogP contribution is -2.52. The first-order valence-electron chi connectivity index (χ1n) is 7.03. The number of halogens is 2. The van der Waals surface area contributed by atoms with Gasteiger partial charge in [0.2, 0.25) is 0 Å². The zero-order chi connectivity index (χ0) is 14.8. The van der Waals surface area contributed by atoms with Gasteiger partial charge in [-0.1, -0.05) is 13.8 Å². The van der Waals surface area contributed by atoms with Crippen LogP contribution in [-0.2, 0) is 14.3 Å². The van der Waals surface area contributed by atoms with Crippen LogP contribution in [0.25, 0.3) is 0 Å². The van der Waals surface area contributed by atoms with Crippen LogP contribution >= 0.6 is 23.2 Å². The summed E-state index contributed by atoms with van der Waals surface area (Å²) in [6, 6.07) is 0. The molecule has 1 heterocycles. The van der Waals surface area contributed by atoms with Crippen molar-refractivity contribution in [2.75, 3.05) is 0 Å². The molecule has 0 aromatic rings. The maximum Gasteiger partial charge on any atom is 0.309 e. The van der Waals surface area contributed by atoms with E-state index in [0.717, 1.165) is 18.4 Å². The molecule has 0 unspecified atom stereocenters. The molecule has 0 spiro atoms. The lowest BCUT2D eigenvalue weighted by Gasteiger charge is -2.49. The second kappa shape index (κ2) is 4.48. The third kappa shape index (κ3) is 1.66. The van der Waals surface area contributed by atoms with Crippen LogP contribution in [-0.4, -0.2) is 28.6 Å². The fraction of sp³-hybridized carbons (Fsp3) is 0.733. The molecule has 5 heteroatoms. The highest BCUT2D eigenvalue weighted by Crippen LogP contribution is 2.56. The smallest absolute Gasteiger partial charge is 0.309 e. The van der Waals surface area contributed by atoms with E-state index in [1.807, 2.05) is 13.8 Å². The van der Waals surface area contributed by atoms with Gasteiger partial charge < -0.3 is 4.74 Å². The third-order valence-corrected chi connectivity index (χ3v) is 6.75. The Morgan fingerprint density at radius 2 is 1.95 bits per heavy atom. The van der Waals surface area contributed by atoms with E-state index in [1.54, 1.807) is 6.92 Å². The van der Waals surface area contributed by atoms with Crippen molar-refractivity contribution in [2.45, 2.75) is 50.5 Å². The highest BCUT2D eigenvalue weighted by Gasteiger charge is 2.58. The van der Waals surface area contributed by atoms with Crippen LogP contribution in [0.3, 0.4) is 0 Å². The molecule has 0 aromatic carbocycles. The van der Waals surface area contributed by atoms with Gasteiger partial charge in [-0.25, -0.2) is 0 Å². The van der Waals surface area contributed by atoms with Crippen molar-refractivity contribution in [3.8, 4) is 0 Å². The van der Waals surface area contributed by atoms with Crippen molar-refractivity contribution in [1.29, 1.82) is 0 Å². The topological polar surface area (TPSA) is 43.4 Å². The van der Waals surface area contributed by atoms with Crippen molar-refractivity contribution in [1.82, 2.24) is 0 Å². The minimum absolute atomic E-state index is 0.109. The molecule has 3 aliphatic rings. The lowest BCUT2D eigenvalue weighted by atomic mass is 9.59. The molecule has 2 aliphatic carbocycles. The van der Waals surface area contributed by atoms with Gasteiger partial charge in [0.25, 0.3) is 0 Å². The molecule has 3 nitrogen and oxygen atoms in total. The lowest BCUT2D eigenvalue weighted by molar-refractivity contribution is -0.143.